The molecule has 0 radical (unpaired) electrons. The third-order valence-electron chi connectivity index (χ3n) is 2.47. The number of aromatic carboxylic acids is 1. The van der Waals surface area contributed by atoms with Crippen LogP contribution in [0.5, 0.6) is 11.5 Å². The molecule has 0 unspecified atom stereocenters. The van der Waals surface area contributed by atoms with Crippen molar-refractivity contribution < 1.29 is 19.0 Å². The molecule has 92 valence electrons. The van der Waals surface area contributed by atoms with E-state index in [-0.39, 0.29) is 11.4 Å². The van der Waals surface area contributed by atoms with Gasteiger partial charge >= 0.3 is 5.97 Å². The Balaban J connectivity index is 2.18. The smallest absolute Gasteiger partial charge is 0.335 e. The van der Waals surface area contributed by atoms with Gasteiger partial charge in [-0.25, -0.2) is 9.18 Å². The standard InChI is InChI=1S/C14H11FO3/c1-9-8-12(6-7-13(9)15)18-11-4-2-10(3-5-11)14(16)17/h2-8H,1H3,(H,16,17). The van der Waals surface area contributed by atoms with Gasteiger partial charge in [0.15, 0.2) is 0 Å². The molecule has 0 spiro atoms. The molecule has 18 heavy (non-hydrogen) atoms. The number of carbonyl (C=O) groups is 1. The fraction of sp³-hybridized carbons (Fsp3) is 0.0714. The highest BCUT2D eigenvalue weighted by molar-refractivity contribution is 5.87. The highest BCUT2D eigenvalue weighted by Gasteiger charge is 2.04. The molecule has 0 saturated heterocycles. The van der Waals surface area contributed by atoms with Crippen LogP contribution >= 0.6 is 0 Å². The average molecular weight is 246 g/mol. The van der Waals surface area contributed by atoms with Gasteiger partial charge in [-0.1, -0.05) is 0 Å². The van der Waals surface area contributed by atoms with E-state index in [1.807, 2.05) is 0 Å². The summed E-state index contributed by atoms with van der Waals surface area (Å²) in [5.74, 6) is -0.259. The number of hydrogen-bond donors (Lipinski definition) is 1. The maximum Gasteiger partial charge on any atom is 0.335 e. The number of rotatable bonds is 3. The molecule has 2 rings (SSSR count). The third-order valence-corrected chi connectivity index (χ3v) is 2.47. The summed E-state index contributed by atoms with van der Waals surface area (Å²) in [6.07, 6.45) is 0. The van der Waals surface area contributed by atoms with Crippen LogP contribution in [0, 0.1) is 12.7 Å². The molecule has 2 aromatic carbocycles. The molecule has 0 heterocycles. The van der Waals surface area contributed by atoms with Crippen LogP contribution in [-0.4, -0.2) is 11.1 Å². The predicted octanol–water partition coefficient (Wildman–Crippen LogP) is 3.62. The lowest BCUT2D eigenvalue weighted by atomic mass is 10.2. The SMILES string of the molecule is Cc1cc(Oc2ccc(C(=O)O)cc2)ccc1F. The molecule has 4 heteroatoms. The lowest BCUT2D eigenvalue weighted by molar-refractivity contribution is 0.0697. The van der Waals surface area contributed by atoms with Crippen molar-refractivity contribution in [2.45, 2.75) is 6.92 Å². The van der Waals surface area contributed by atoms with E-state index in [2.05, 4.69) is 0 Å². The second-order valence-corrected chi connectivity index (χ2v) is 3.84. The average Bonchev–Trinajstić information content (AvgIpc) is 2.34. The Bertz CT molecular complexity index is 576. The first-order valence-corrected chi connectivity index (χ1v) is 5.33. The van der Waals surface area contributed by atoms with Gasteiger partial charge in [0.2, 0.25) is 0 Å². The van der Waals surface area contributed by atoms with Crippen LogP contribution in [0.4, 0.5) is 4.39 Å². The lowest BCUT2D eigenvalue weighted by Gasteiger charge is -2.07. The molecular weight excluding hydrogens is 235 g/mol. The molecule has 0 bridgehead atoms. The maximum atomic E-state index is 13.1. The van der Waals surface area contributed by atoms with Crippen molar-refractivity contribution in [3.63, 3.8) is 0 Å². The van der Waals surface area contributed by atoms with Crippen LogP contribution in [0.3, 0.4) is 0 Å². The molecule has 0 fully saturated rings. The summed E-state index contributed by atoms with van der Waals surface area (Å²) in [6.45, 7) is 1.65. The van der Waals surface area contributed by atoms with E-state index < -0.39 is 5.97 Å². The highest BCUT2D eigenvalue weighted by Crippen LogP contribution is 2.23. The van der Waals surface area contributed by atoms with Crippen LogP contribution in [0.1, 0.15) is 15.9 Å². The minimum absolute atomic E-state index is 0.192. The molecule has 0 saturated carbocycles. The van der Waals surface area contributed by atoms with E-state index in [0.29, 0.717) is 17.1 Å². The zero-order valence-electron chi connectivity index (χ0n) is 9.68. The number of halogens is 1. The van der Waals surface area contributed by atoms with Crippen molar-refractivity contribution in [3.8, 4) is 11.5 Å². The fourth-order valence-corrected chi connectivity index (χ4v) is 1.48. The molecule has 0 atom stereocenters. The molecule has 0 aliphatic rings. The number of carboxylic acids is 1. The third kappa shape index (κ3) is 2.66. The maximum absolute atomic E-state index is 13.1. The van der Waals surface area contributed by atoms with Gasteiger partial charge in [-0.2, -0.15) is 0 Å². The molecule has 2 aromatic rings. The monoisotopic (exact) mass is 246 g/mol. The van der Waals surface area contributed by atoms with Crippen molar-refractivity contribution in [1.29, 1.82) is 0 Å². The Kier molecular flexibility index (Phi) is 3.28. The van der Waals surface area contributed by atoms with Gasteiger partial charge in [0.05, 0.1) is 5.56 Å². The van der Waals surface area contributed by atoms with Crippen LogP contribution in [0.2, 0.25) is 0 Å². The van der Waals surface area contributed by atoms with E-state index in [1.165, 1.54) is 24.3 Å². The van der Waals surface area contributed by atoms with Crippen LogP contribution in [0.15, 0.2) is 42.5 Å². The normalized spacial score (nSPS) is 10.1. The molecule has 1 N–H and O–H groups in total. The lowest BCUT2D eigenvalue weighted by Crippen LogP contribution is -1.95. The minimum atomic E-state index is -0.987. The van der Waals surface area contributed by atoms with E-state index >= 15 is 0 Å². The second kappa shape index (κ2) is 4.87. The van der Waals surface area contributed by atoms with Crippen molar-refractivity contribution in [1.82, 2.24) is 0 Å². The van der Waals surface area contributed by atoms with Gasteiger partial charge in [0.25, 0.3) is 0 Å². The van der Waals surface area contributed by atoms with E-state index in [1.54, 1.807) is 25.1 Å². The van der Waals surface area contributed by atoms with Gasteiger partial charge in [0.1, 0.15) is 17.3 Å². The Labute approximate surface area is 103 Å². The van der Waals surface area contributed by atoms with Gasteiger partial charge in [0, 0.05) is 0 Å². The summed E-state index contributed by atoms with van der Waals surface area (Å²) in [5.41, 5.74) is 0.687. The van der Waals surface area contributed by atoms with Gasteiger partial charge in [-0.05, 0) is 55.0 Å². The van der Waals surface area contributed by atoms with E-state index in [0.717, 1.165) is 0 Å². The quantitative estimate of drug-likeness (QED) is 0.899. The van der Waals surface area contributed by atoms with E-state index in [9.17, 15) is 9.18 Å². The zero-order chi connectivity index (χ0) is 13.1. The predicted molar refractivity (Wildman–Crippen MR) is 64.6 cm³/mol. The number of carboxylic acid groups (broad SMARTS) is 1. The van der Waals surface area contributed by atoms with Crippen molar-refractivity contribution in [2.75, 3.05) is 0 Å². The van der Waals surface area contributed by atoms with Crippen LogP contribution in [0.25, 0.3) is 0 Å². The van der Waals surface area contributed by atoms with Gasteiger partial charge in [-0.15, -0.1) is 0 Å². The molecule has 0 aromatic heterocycles. The number of benzene rings is 2. The Morgan fingerprint density at radius 3 is 2.28 bits per heavy atom. The number of hydrogen-bond acceptors (Lipinski definition) is 2. The second-order valence-electron chi connectivity index (χ2n) is 3.84. The highest BCUT2D eigenvalue weighted by atomic mass is 19.1. The first-order valence-electron chi connectivity index (χ1n) is 5.33. The summed E-state index contributed by atoms with van der Waals surface area (Å²) in [6, 6.07) is 10.5. The molecule has 0 aliphatic carbocycles. The van der Waals surface area contributed by atoms with E-state index in [4.69, 9.17) is 9.84 Å². The first-order chi connectivity index (χ1) is 8.56. The Morgan fingerprint density at radius 1 is 1.11 bits per heavy atom. The zero-order valence-corrected chi connectivity index (χ0v) is 9.68. The minimum Gasteiger partial charge on any atom is -0.478 e. The largest absolute Gasteiger partial charge is 0.478 e. The van der Waals surface area contributed by atoms with Crippen molar-refractivity contribution >= 4 is 5.97 Å². The summed E-state index contributed by atoms with van der Waals surface area (Å²) < 4.78 is 18.5. The molecule has 3 nitrogen and oxygen atoms in total. The molecular formula is C14H11FO3. The number of aryl methyl sites for hydroxylation is 1. The summed E-state index contributed by atoms with van der Waals surface area (Å²) in [7, 11) is 0. The fourth-order valence-electron chi connectivity index (χ4n) is 1.48. The van der Waals surface area contributed by atoms with Gasteiger partial charge in [-0.3, -0.25) is 0 Å². The summed E-state index contributed by atoms with van der Waals surface area (Å²) >= 11 is 0. The van der Waals surface area contributed by atoms with Crippen LogP contribution < -0.4 is 4.74 Å². The van der Waals surface area contributed by atoms with Crippen LogP contribution in [-0.2, 0) is 0 Å². The Hall–Kier alpha value is -2.36. The van der Waals surface area contributed by atoms with Crippen molar-refractivity contribution in [2.24, 2.45) is 0 Å². The number of ether oxygens (including phenoxy) is 1. The first kappa shape index (κ1) is 12.1. The van der Waals surface area contributed by atoms with Crippen molar-refractivity contribution in [3.05, 3.63) is 59.4 Å². The molecule has 0 amide bonds. The Morgan fingerprint density at radius 2 is 1.72 bits per heavy atom. The molecule has 0 aliphatic heterocycles. The summed E-state index contributed by atoms with van der Waals surface area (Å²) in [5, 5.41) is 8.75. The topological polar surface area (TPSA) is 46.5 Å². The summed E-state index contributed by atoms with van der Waals surface area (Å²) in [4.78, 5) is 10.7. The van der Waals surface area contributed by atoms with Gasteiger partial charge < -0.3 is 9.84 Å².